The predicted octanol–water partition coefficient (Wildman–Crippen LogP) is -0.512. The zero-order valence-corrected chi connectivity index (χ0v) is 5.65. The van der Waals surface area contributed by atoms with Gasteiger partial charge in [-0.15, -0.1) is 0 Å². The Hall–Kier alpha value is -1.16. The molecule has 4 nitrogen and oxygen atoms in total. The van der Waals surface area contributed by atoms with Gasteiger partial charge in [0, 0.05) is 0 Å². The highest BCUT2D eigenvalue weighted by Gasteiger charge is 2.32. The average molecular weight is 155 g/mol. The molecule has 0 heterocycles. The molecule has 0 bridgehead atoms. The third-order valence-corrected chi connectivity index (χ3v) is 1.60. The van der Waals surface area contributed by atoms with Gasteiger partial charge in [0.2, 0.25) is 12.1 Å². The fourth-order valence-electron chi connectivity index (χ4n) is 0.935. The van der Waals surface area contributed by atoms with Gasteiger partial charge in [-0.25, -0.2) is 0 Å². The molecule has 0 aromatic carbocycles. The zero-order chi connectivity index (χ0) is 8.43. The van der Waals surface area contributed by atoms with Crippen LogP contribution >= 0.6 is 0 Å². The Morgan fingerprint density at radius 1 is 1.64 bits per heavy atom. The number of hydrogen-bond donors (Lipinski definition) is 2. The molecule has 0 aromatic heterocycles. The summed E-state index contributed by atoms with van der Waals surface area (Å²) in [6, 6.07) is 0. The number of carbonyl (C=O) groups excluding carboxylic acids is 2. The molecule has 11 heavy (non-hydrogen) atoms. The lowest BCUT2D eigenvalue weighted by Crippen LogP contribution is -2.33. The molecule has 2 N–H and O–H groups in total. The van der Waals surface area contributed by atoms with Gasteiger partial charge in [-0.1, -0.05) is 0 Å². The first-order valence-electron chi connectivity index (χ1n) is 3.16. The van der Waals surface area contributed by atoms with Gasteiger partial charge in [0.05, 0.1) is 6.10 Å². The molecule has 0 spiro atoms. The molecule has 0 amide bonds. The van der Waals surface area contributed by atoms with E-state index in [1.807, 2.05) is 0 Å². The van der Waals surface area contributed by atoms with Crippen molar-refractivity contribution in [2.75, 3.05) is 0 Å². The molecule has 0 aromatic rings. The highest BCUT2D eigenvalue weighted by Crippen LogP contribution is 2.17. The van der Waals surface area contributed by atoms with Crippen molar-refractivity contribution in [3.05, 3.63) is 11.8 Å². The molecule has 0 fully saturated rings. The first-order chi connectivity index (χ1) is 5.16. The standard InChI is InChI=1S/C7H7O4/c8-3-4-5(9)1-2-6(10)7(4)11/h2,4-5,9-10H,1H2. The van der Waals surface area contributed by atoms with Gasteiger partial charge in [-0.3, -0.25) is 9.59 Å². The third-order valence-electron chi connectivity index (χ3n) is 1.60. The predicted molar refractivity (Wildman–Crippen MR) is 35.5 cm³/mol. The minimum atomic E-state index is -1.21. The van der Waals surface area contributed by atoms with Crippen LogP contribution in [0.25, 0.3) is 0 Å². The summed E-state index contributed by atoms with van der Waals surface area (Å²) in [5.41, 5.74) is 0. The lowest BCUT2D eigenvalue weighted by atomic mass is 9.90. The van der Waals surface area contributed by atoms with Crippen molar-refractivity contribution in [1.29, 1.82) is 0 Å². The van der Waals surface area contributed by atoms with Crippen LogP contribution in [0.2, 0.25) is 0 Å². The summed E-state index contributed by atoms with van der Waals surface area (Å²) >= 11 is 0. The number of allylic oxidation sites excluding steroid dienone is 1. The molecule has 59 valence electrons. The summed E-state index contributed by atoms with van der Waals surface area (Å²) in [5.74, 6) is -2.41. The Bertz CT molecular complexity index is 218. The lowest BCUT2D eigenvalue weighted by molar-refractivity contribution is -0.123. The normalized spacial score (nSPS) is 31.4. The van der Waals surface area contributed by atoms with Crippen molar-refractivity contribution in [1.82, 2.24) is 0 Å². The number of aliphatic hydroxyl groups excluding tert-OH is 2. The molecule has 1 radical (unpaired) electrons. The molecule has 4 heteroatoms. The summed E-state index contributed by atoms with van der Waals surface area (Å²) in [7, 11) is 0. The maximum atomic E-state index is 10.8. The van der Waals surface area contributed by atoms with Gasteiger partial charge in [0.15, 0.2) is 5.76 Å². The Morgan fingerprint density at radius 2 is 2.27 bits per heavy atom. The highest BCUT2D eigenvalue weighted by molar-refractivity contribution is 6.04. The Kier molecular flexibility index (Phi) is 2.05. The molecule has 1 aliphatic rings. The first-order valence-corrected chi connectivity index (χ1v) is 3.16. The maximum Gasteiger partial charge on any atom is 0.212 e. The average Bonchev–Trinajstić information content (AvgIpc) is 1.99. The van der Waals surface area contributed by atoms with Crippen LogP contribution < -0.4 is 0 Å². The number of Topliss-reactive ketones (excluding diaryl/α,β-unsaturated/α-hetero) is 1. The van der Waals surface area contributed by atoms with Crippen molar-refractivity contribution < 1.29 is 19.8 Å². The highest BCUT2D eigenvalue weighted by atomic mass is 16.3. The Labute approximate surface area is 63.1 Å². The lowest BCUT2D eigenvalue weighted by Gasteiger charge is -2.18. The number of ketones is 1. The van der Waals surface area contributed by atoms with Crippen molar-refractivity contribution in [3.8, 4) is 0 Å². The molecule has 2 atom stereocenters. The number of aliphatic hydroxyl groups is 2. The van der Waals surface area contributed by atoms with Gasteiger partial charge < -0.3 is 10.2 Å². The molecule has 0 saturated carbocycles. The fraction of sp³-hybridized carbons (Fsp3) is 0.429. The van der Waals surface area contributed by atoms with Crippen LogP contribution in [-0.4, -0.2) is 28.4 Å². The number of rotatable bonds is 1. The van der Waals surface area contributed by atoms with Gasteiger partial charge in [-0.2, -0.15) is 0 Å². The van der Waals surface area contributed by atoms with Crippen LogP contribution in [0.1, 0.15) is 6.42 Å². The molecule has 1 rings (SSSR count). The van der Waals surface area contributed by atoms with Crippen LogP contribution in [0, 0.1) is 5.92 Å². The number of hydrogen-bond acceptors (Lipinski definition) is 4. The topological polar surface area (TPSA) is 74.6 Å². The van der Waals surface area contributed by atoms with Gasteiger partial charge in [-0.05, 0) is 12.5 Å². The van der Waals surface area contributed by atoms with Crippen molar-refractivity contribution in [3.63, 3.8) is 0 Å². The van der Waals surface area contributed by atoms with E-state index in [2.05, 4.69) is 0 Å². The van der Waals surface area contributed by atoms with Crippen molar-refractivity contribution in [2.24, 2.45) is 5.92 Å². The summed E-state index contributed by atoms with van der Waals surface area (Å²) < 4.78 is 0. The second-order valence-electron chi connectivity index (χ2n) is 2.35. The SMILES string of the molecule is O=[C]C1C(=O)C(O)=CCC1O. The molecule has 2 unspecified atom stereocenters. The van der Waals surface area contributed by atoms with Crippen molar-refractivity contribution >= 4 is 12.1 Å². The van der Waals surface area contributed by atoms with E-state index in [0.717, 1.165) is 0 Å². The molecule has 0 saturated heterocycles. The van der Waals surface area contributed by atoms with E-state index in [4.69, 9.17) is 10.2 Å². The van der Waals surface area contributed by atoms with Gasteiger partial charge in [0.1, 0.15) is 5.92 Å². The second-order valence-corrected chi connectivity index (χ2v) is 2.35. The van der Waals surface area contributed by atoms with E-state index in [1.54, 1.807) is 0 Å². The van der Waals surface area contributed by atoms with Crippen LogP contribution in [-0.2, 0) is 9.59 Å². The number of carbonyl (C=O) groups is 1. The fourth-order valence-corrected chi connectivity index (χ4v) is 0.935. The molecular weight excluding hydrogens is 148 g/mol. The Morgan fingerprint density at radius 3 is 2.73 bits per heavy atom. The van der Waals surface area contributed by atoms with E-state index >= 15 is 0 Å². The zero-order valence-electron chi connectivity index (χ0n) is 5.65. The van der Waals surface area contributed by atoms with E-state index in [-0.39, 0.29) is 6.42 Å². The van der Waals surface area contributed by atoms with E-state index in [1.165, 1.54) is 12.4 Å². The van der Waals surface area contributed by atoms with E-state index in [0.29, 0.717) is 0 Å². The quantitative estimate of drug-likeness (QED) is 0.500. The van der Waals surface area contributed by atoms with E-state index in [9.17, 15) is 9.59 Å². The molecular formula is C7H7O4. The maximum absolute atomic E-state index is 10.8. The minimum absolute atomic E-state index is 0.123. The van der Waals surface area contributed by atoms with Crippen LogP contribution in [0.5, 0.6) is 0 Å². The molecule has 0 aliphatic heterocycles. The first kappa shape index (κ1) is 7.94. The summed E-state index contributed by atoms with van der Waals surface area (Å²) in [4.78, 5) is 20.9. The van der Waals surface area contributed by atoms with Crippen LogP contribution in [0.3, 0.4) is 0 Å². The van der Waals surface area contributed by atoms with Crippen molar-refractivity contribution in [2.45, 2.75) is 12.5 Å². The third kappa shape index (κ3) is 1.30. The summed E-state index contributed by atoms with van der Waals surface area (Å²) in [5, 5.41) is 17.8. The largest absolute Gasteiger partial charge is 0.505 e. The van der Waals surface area contributed by atoms with Crippen LogP contribution in [0.15, 0.2) is 11.8 Å². The summed E-state index contributed by atoms with van der Waals surface area (Å²) in [6.45, 7) is 0. The Balaban J connectivity index is 2.88. The monoisotopic (exact) mass is 155 g/mol. The molecule has 1 aliphatic carbocycles. The smallest absolute Gasteiger partial charge is 0.212 e. The minimum Gasteiger partial charge on any atom is -0.505 e. The van der Waals surface area contributed by atoms with E-state index < -0.39 is 23.6 Å². The summed E-state index contributed by atoms with van der Waals surface area (Å²) in [6.07, 6.45) is 1.67. The second kappa shape index (κ2) is 2.84. The van der Waals surface area contributed by atoms with Gasteiger partial charge >= 0.3 is 0 Å². The van der Waals surface area contributed by atoms with Gasteiger partial charge in [0.25, 0.3) is 0 Å². The van der Waals surface area contributed by atoms with Crippen LogP contribution in [0.4, 0.5) is 0 Å².